The summed E-state index contributed by atoms with van der Waals surface area (Å²) in [6.07, 6.45) is 3.14. The standard InChI is InChI=1S/C13H25N3O4/c1-9(17)10(11(18)19)15-12(20)14-8-13(16(2)3)6-4-5-7-13/h9-10,17H,4-8H2,1-3H3,(H,18,19)(H2,14,15,20). The number of nitrogens with one attached hydrogen (secondary N) is 2. The van der Waals surface area contributed by atoms with E-state index in [1.54, 1.807) is 0 Å². The highest BCUT2D eigenvalue weighted by molar-refractivity contribution is 5.82. The number of aliphatic hydroxyl groups excluding tert-OH is 1. The number of hydrogen-bond acceptors (Lipinski definition) is 4. The lowest BCUT2D eigenvalue weighted by molar-refractivity contribution is -0.141. The van der Waals surface area contributed by atoms with Gasteiger partial charge in [0.2, 0.25) is 0 Å². The Morgan fingerprint density at radius 1 is 1.30 bits per heavy atom. The van der Waals surface area contributed by atoms with Crippen molar-refractivity contribution in [2.45, 2.75) is 50.3 Å². The van der Waals surface area contributed by atoms with Crippen LogP contribution in [0.5, 0.6) is 0 Å². The molecule has 0 aliphatic heterocycles. The normalized spacial score (nSPS) is 20.4. The highest BCUT2D eigenvalue weighted by Gasteiger charge is 2.36. The third kappa shape index (κ3) is 4.08. The van der Waals surface area contributed by atoms with Crippen molar-refractivity contribution in [3.05, 3.63) is 0 Å². The van der Waals surface area contributed by atoms with Crippen molar-refractivity contribution >= 4 is 12.0 Å². The van der Waals surface area contributed by atoms with Crippen molar-refractivity contribution in [3.63, 3.8) is 0 Å². The molecule has 0 aromatic heterocycles. The Kier molecular flexibility index (Phi) is 5.76. The molecule has 116 valence electrons. The lowest BCUT2D eigenvalue weighted by atomic mass is 9.96. The van der Waals surface area contributed by atoms with E-state index in [0.717, 1.165) is 25.7 Å². The van der Waals surface area contributed by atoms with Crippen molar-refractivity contribution < 1.29 is 19.8 Å². The van der Waals surface area contributed by atoms with E-state index >= 15 is 0 Å². The van der Waals surface area contributed by atoms with Gasteiger partial charge in [-0.3, -0.25) is 0 Å². The number of nitrogens with zero attached hydrogens (tertiary/aromatic N) is 1. The average Bonchev–Trinajstić information content (AvgIpc) is 2.82. The number of carboxylic acid groups (broad SMARTS) is 1. The van der Waals surface area contributed by atoms with Gasteiger partial charge in [0.05, 0.1) is 6.10 Å². The van der Waals surface area contributed by atoms with Crippen LogP contribution >= 0.6 is 0 Å². The molecule has 0 bridgehead atoms. The van der Waals surface area contributed by atoms with Gasteiger partial charge in [-0.2, -0.15) is 0 Å². The largest absolute Gasteiger partial charge is 0.480 e. The Morgan fingerprint density at radius 2 is 1.85 bits per heavy atom. The molecule has 2 unspecified atom stereocenters. The summed E-state index contributed by atoms with van der Waals surface area (Å²) in [6, 6.07) is -1.86. The molecule has 0 aromatic carbocycles. The minimum atomic E-state index is -1.30. The molecular formula is C13H25N3O4. The first-order chi connectivity index (χ1) is 9.28. The monoisotopic (exact) mass is 287 g/mol. The van der Waals surface area contributed by atoms with Gasteiger partial charge in [0.25, 0.3) is 0 Å². The molecule has 1 aliphatic rings. The average molecular weight is 287 g/mol. The zero-order chi connectivity index (χ0) is 15.3. The quantitative estimate of drug-likeness (QED) is 0.550. The summed E-state index contributed by atoms with van der Waals surface area (Å²) in [7, 11) is 3.97. The fourth-order valence-corrected chi connectivity index (χ4v) is 2.64. The highest BCUT2D eigenvalue weighted by atomic mass is 16.4. The lowest BCUT2D eigenvalue weighted by Crippen LogP contribution is -2.56. The number of amides is 2. The van der Waals surface area contributed by atoms with E-state index < -0.39 is 24.1 Å². The molecular weight excluding hydrogens is 262 g/mol. The van der Waals surface area contributed by atoms with E-state index in [2.05, 4.69) is 15.5 Å². The number of aliphatic carboxylic acids is 1. The van der Waals surface area contributed by atoms with Crippen LogP contribution in [0.2, 0.25) is 0 Å². The number of aliphatic hydroxyl groups is 1. The van der Waals surface area contributed by atoms with Crippen LogP contribution in [0, 0.1) is 0 Å². The number of rotatable bonds is 6. The summed E-state index contributed by atoms with van der Waals surface area (Å²) in [6.45, 7) is 1.80. The van der Waals surface area contributed by atoms with Crippen molar-refractivity contribution in [1.29, 1.82) is 0 Å². The first-order valence-electron chi connectivity index (χ1n) is 6.91. The smallest absolute Gasteiger partial charge is 0.328 e. The van der Waals surface area contributed by atoms with Crippen LogP contribution < -0.4 is 10.6 Å². The summed E-state index contributed by atoms with van der Waals surface area (Å²) in [5.41, 5.74) is -0.0547. The number of carbonyl (C=O) groups is 2. The predicted molar refractivity (Wildman–Crippen MR) is 74.5 cm³/mol. The second kappa shape index (κ2) is 6.90. The van der Waals surface area contributed by atoms with Crippen molar-refractivity contribution in [3.8, 4) is 0 Å². The summed E-state index contributed by atoms with van der Waals surface area (Å²) in [4.78, 5) is 24.8. The molecule has 1 fully saturated rings. The van der Waals surface area contributed by atoms with Crippen LogP contribution in [0.1, 0.15) is 32.6 Å². The maximum Gasteiger partial charge on any atom is 0.328 e. The Bertz CT molecular complexity index is 352. The van der Waals surface area contributed by atoms with Crippen LogP contribution in [-0.4, -0.2) is 65.4 Å². The molecule has 1 aliphatic carbocycles. The Morgan fingerprint density at radius 3 is 2.25 bits per heavy atom. The zero-order valence-electron chi connectivity index (χ0n) is 12.3. The number of carboxylic acids is 1. The van der Waals surface area contributed by atoms with Gasteiger partial charge in [0.15, 0.2) is 6.04 Å². The number of hydrogen-bond donors (Lipinski definition) is 4. The van der Waals surface area contributed by atoms with Gasteiger partial charge in [-0.25, -0.2) is 9.59 Å². The third-order valence-electron chi connectivity index (χ3n) is 4.10. The summed E-state index contributed by atoms with van der Waals surface area (Å²) < 4.78 is 0. The first kappa shape index (κ1) is 16.7. The molecule has 0 heterocycles. The first-order valence-corrected chi connectivity index (χ1v) is 6.91. The Labute approximate surface area is 119 Å². The fraction of sp³-hybridized carbons (Fsp3) is 0.846. The van der Waals surface area contributed by atoms with E-state index in [1.807, 2.05) is 14.1 Å². The molecule has 7 nitrogen and oxygen atoms in total. The molecule has 0 saturated heterocycles. The van der Waals surface area contributed by atoms with Gasteiger partial charge in [0.1, 0.15) is 0 Å². The molecule has 7 heteroatoms. The summed E-state index contributed by atoms with van der Waals surface area (Å²) >= 11 is 0. The summed E-state index contributed by atoms with van der Waals surface area (Å²) in [5, 5.41) is 23.2. The molecule has 20 heavy (non-hydrogen) atoms. The van der Waals surface area contributed by atoms with Gasteiger partial charge in [-0.1, -0.05) is 12.8 Å². The maximum atomic E-state index is 11.8. The van der Waals surface area contributed by atoms with E-state index in [9.17, 15) is 14.7 Å². The molecule has 0 spiro atoms. The van der Waals surface area contributed by atoms with E-state index in [0.29, 0.717) is 6.54 Å². The van der Waals surface area contributed by atoms with Crippen LogP contribution in [0.4, 0.5) is 4.79 Å². The van der Waals surface area contributed by atoms with Crippen molar-refractivity contribution in [2.75, 3.05) is 20.6 Å². The zero-order valence-corrected chi connectivity index (χ0v) is 12.3. The predicted octanol–water partition coefficient (Wildman–Crippen LogP) is -0.00600. The van der Waals surface area contributed by atoms with Gasteiger partial charge in [0, 0.05) is 12.1 Å². The van der Waals surface area contributed by atoms with Crippen molar-refractivity contribution in [1.82, 2.24) is 15.5 Å². The Balaban J connectivity index is 2.52. The van der Waals surface area contributed by atoms with E-state index in [1.165, 1.54) is 6.92 Å². The molecule has 2 atom stereocenters. The van der Waals surface area contributed by atoms with E-state index in [-0.39, 0.29) is 5.54 Å². The number of likely N-dealkylation sites (N-methyl/N-ethyl adjacent to an activating group) is 1. The van der Waals surface area contributed by atoms with Gasteiger partial charge >= 0.3 is 12.0 Å². The van der Waals surface area contributed by atoms with Gasteiger partial charge in [-0.05, 0) is 33.9 Å². The molecule has 0 aromatic rings. The molecule has 2 amide bonds. The number of urea groups is 1. The maximum absolute atomic E-state index is 11.8. The van der Waals surface area contributed by atoms with Crippen LogP contribution in [0.15, 0.2) is 0 Å². The Hall–Kier alpha value is -1.34. The van der Waals surface area contributed by atoms with Gasteiger partial charge < -0.3 is 25.7 Å². The highest BCUT2D eigenvalue weighted by Crippen LogP contribution is 2.32. The van der Waals surface area contributed by atoms with Crippen molar-refractivity contribution in [2.24, 2.45) is 0 Å². The molecule has 1 rings (SSSR count). The fourth-order valence-electron chi connectivity index (χ4n) is 2.64. The third-order valence-corrected chi connectivity index (χ3v) is 4.10. The SMILES string of the molecule is CC(O)C(NC(=O)NCC1(N(C)C)CCCC1)C(=O)O. The summed E-state index contributed by atoms with van der Waals surface area (Å²) in [5.74, 6) is -1.25. The molecule has 1 saturated carbocycles. The van der Waals surface area contributed by atoms with Gasteiger partial charge in [-0.15, -0.1) is 0 Å². The second-order valence-electron chi connectivity index (χ2n) is 5.71. The molecule has 0 radical (unpaired) electrons. The minimum absolute atomic E-state index is 0.0547. The molecule has 4 N–H and O–H groups in total. The topological polar surface area (TPSA) is 102 Å². The minimum Gasteiger partial charge on any atom is -0.480 e. The van der Waals surface area contributed by atoms with Crippen LogP contribution in [-0.2, 0) is 4.79 Å². The van der Waals surface area contributed by atoms with Crippen LogP contribution in [0.25, 0.3) is 0 Å². The van der Waals surface area contributed by atoms with E-state index in [4.69, 9.17) is 5.11 Å². The van der Waals surface area contributed by atoms with Crippen LogP contribution in [0.3, 0.4) is 0 Å². The second-order valence-corrected chi connectivity index (χ2v) is 5.71. The number of carbonyl (C=O) groups excluding carboxylic acids is 1. The lowest BCUT2D eigenvalue weighted by Gasteiger charge is -2.36.